The van der Waals surface area contributed by atoms with Crippen molar-refractivity contribution in [2.45, 2.75) is 11.4 Å². The van der Waals surface area contributed by atoms with Crippen molar-refractivity contribution in [1.82, 2.24) is 9.71 Å². The second kappa shape index (κ2) is 5.44. The highest BCUT2D eigenvalue weighted by molar-refractivity contribution is 7.89. The third kappa shape index (κ3) is 3.05. The first-order valence-electron chi connectivity index (χ1n) is 5.06. The van der Waals surface area contributed by atoms with E-state index < -0.39 is 10.0 Å². The molecule has 0 saturated heterocycles. The highest BCUT2D eigenvalue weighted by Crippen LogP contribution is 2.13. The second-order valence-corrected chi connectivity index (χ2v) is 6.17. The number of nitrogens with two attached hydrogens (primary N) is 1. The number of nitrogen functional groups attached to an aromatic ring is 1. The number of thiazole rings is 1. The minimum Gasteiger partial charge on any atom is -0.324 e. The molecule has 4 N–H and O–H groups in total. The zero-order valence-electron chi connectivity index (χ0n) is 9.33. The zero-order chi connectivity index (χ0) is 13.0. The topological polar surface area (TPSA) is 97.1 Å². The molecule has 18 heavy (non-hydrogen) atoms. The SMILES string of the molecule is NNc1ccc(S(=O)(=O)NCc2nccs2)cc1. The second-order valence-electron chi connectivity index (χ2n) is 3.42. The monoisotopic (exact) mass is 284 g/mol. The molecule has 8 heteroatoms. The van der Waals surface area contributed by atoms with Crippen LogP contribution in [0.15, 0.2) is 40.7 Å². The molecule has 0 aliphatic rings. The summed E-state index contributed by atoms with van der Waals surface area (Å²) in [6, 6.07) is 6.16. The van der Waals surface area contributed by atoms with Gasteiger partial charge in [-0.05, 0) is 24.3 Å². The Morgan fingerprint density at radius 2 is 2.00 bits per heavy atom. The number of anilines is 1. The maximum Gasteiger partial charge on any atom is 0.240 e. The van der Waals surface area contributed by atoms with Gasteiger partial charge < -0.3 is 5.43 Å². The average Bonchev–Trinajstić information content (AvgIpc) is 2.90. The summed E-state index contributed by atoms with van der Waals surface area (Å²) >= 11 is 1.40. The molecule has 0 spiro atoms. The van der Waals surface area contributed by atoms with Gasteiger partial charge in [-0.15, -0.1) is 11.3 Å². The van der Waals surface area contributed by atoms with Gasteiger partial charge in [0, 0.05) is 17.3 Å². The van der Waals surface area contributed by atoms with Crippen molar-refractivity contribution in [3.8, 4) is 0 Å². The zero-order valence-corrected chi connectivity index (χ0v) is 11.0. The first-order chi connectivity index (χ1) is 8.62. The van der Waals surface area contributed by atoms with Crippen molar-refractivity contribution in [1.29, 1.82) is 0 Å². The highest BCUT2D eigenvalue weighted by atomic mass is 32.2. The normalized spacial score (nSPS) is 11.4. The predicted molar refractivity (Wildman–Crippen MR) is 70.4 cm³/mol. The van der Waals surface area contributed by atoms with Gasteiger partial charge >= 0.3 is 0 Å². The molecule has 1 aromatic heterocycles. The molecule has 6 nitrogen and oxygen atoms in total. The number of rotatable bonds is 5. The Morgan fingerprint density at radius 1 is 1.28 bits per heavy atom. The summed E-state index contributed by atoms with van der Waals surface area (Å²) in [6.45, 7) is 0.191. The Hall–Kier alpha value is -1.48. The number of nitrogens with one attached hydrogen (secondary N) is 2. The maximum atomic E-state index is 11.9. The van der Waals surface area contributed by atoms with Gasteiger partial charge in [0.15, 0.2) is 0 Å². The van der Waals surface area contributed by atoms with Crippen LogP contribution in [0.3, 0.4) is 0 Å². The van der Waals surface area contributed by atoms with Crippen LogP contribution in [-0.4, -0.2) is 13.4 Å². The van der Waals surface area contributed by atoms with E-state index in [9.17, 15) is 8.42 Å². The van der Waals surface area contributed by atoms with Gasteiger partial charge in [-0.25, -0.2) is 18.1 Å². The average molecular weight is 284 g/mol. The van der Waals surface area contributed by atoms with Gasteiger partial charge in [0.1, 0.15) is 5.01 Å². The number of benzene rings is 1. The van der Waals surface area contributed by atoms with Crippen LogP contribution in [0.2, 0.25) is 0 Å². The van der Waals surface area contributed by atoms with Crippen molar-refractivity contribution in [2.24, 2.45) is 5.84 Å². The summed E-state index contributed by atoms with van der Waals surface area (Å²) in [6.07, 6.45) is 1.63. The molecule has 0 aliphatic heterocycles. The lowest BCUT2D eigenvalue weighted by Crippen LogP contribution is -2.23. The van der Waals surface area contributed by atoms with Crippen molar-refractivity contribution in [2.75, 3.05) is 5.43 Å². The van der Waals surface area contributed by atoms with Gasteiger partial charge in [-0.2, -0.15) is 0 Å². The van der Waals surface area contributed by atoms with Crippen molar-refractivity contribution in [3.63, 3.8) is 0 Å². The molecule has 0 amide bonds. The smallest absolute Gasteiger partial charge is 0.240 e. The van der Waals surface area contributed by atoms with Crippen molar-refractivity contribution in [3.05, 3.63) is 40.8 Å². The number of hydrogen-bond acceptors (Lipinski definition) is 6. The molecular formula is C10H12N4O2S2. The number of sulfonamides is 1. The minimum absolute atomic E-state index is 0.191. The van der Waals surface area contributed by atoms with Gasteiger partial charge in [0.25, 0.3) is 0 Å². The van der Waals surface area contributed by atoms with E-state index in [1.165, 1.54) is 23.5 Å². The molecule has 2 rings (SSSR count). The first-order valence-corrected chi connectivity index (χ1v) is 7.43. The van der Waals surface area contributed by atoms with E-state index >= 15 is 0 Å². The maximum absolute atomic E-state index is 11.9. The Bertz CT molecular complexity index is 593. The van der Waals surface area contributed by atoms with E-state index in [2.05, 4.69) is 15.1 Å². The number of hydrogen-bond donors (Lipinski definition) is 3. The van der Waals surface area contributed by atoms with Gasteiger partial charge in [0.2, 0.25) is 10.0 Å². The third-order valence-corrected chi connectivity index (χ3v) is 4.42. The Morgan fingerprint density at radius 3 is 2.56 bits per heavy atom. The van der Waals surface area contributed by atoms with Gasteiger partial charge in [-0.1, -0.05) is 0 Å². The van der Waals surface area contributed by atoms with Crippen molar-refractivity contribution < 1.29 is 8.42 Å². The lowest BCUT2D eigenvalue weighted by Gasteiger charge is -2.06. The number of aromatic nitrogens is 1. The quantitative estimate of drug-likeness (QED) is 0.560. The largest absolute Gasteiger partial charge is 0.324 e. The summed E-state index contributed by atoms with van der Waals surface area (Å²) in [5, 5.41) is 2.52. The van der Waals surface area contributed by atoms with Gasteiger partial charge in [0.05, 0.1) is 11.4 Å². The lowest BCUT2D eigenvalue weighted by atomic mass is 10.3. The first kappa shape index (κ1) is 13.0. The van der Waals surface area contributed by atoms with Crippen molar-refractivity contribution >= 4 is 27.0 Å². The van der Waals surface area contributed by atoms with E-state index in [-0.39, 0.29) is 11.4 Å². The molecular weight excluding hydrogens is 272 g/mol. The van der Waals surface area contributed by atoms with Crippen LogP contribution in [-0.2, 0) is 16.6 Å². The lowest BCUT2D eigenvalue weighted by molar-refractivity contribution is 0.581. The third-order valence-electron chi connectivity index (χ3n) is 2.23. The Balaban J connectivity index is 2.09. The minimum atomic E-state index is -3.51. The molecule has 0 saturated carbocycles. The fraction of sp³-hybridized carbons (Fsp3) is 0.100. The molecule has 1 heterocycles. The van der Waals surface area contributed by atoms with E-state index in [4.69, 9.17) is 5.84 Å². The van der Waals surface area contributed by atoms with E-state index in [0.717, 1.165) is 5.01 Å². The molecule has 0 atom stereocenters. The standard InChI is InChI=1S/C10H12N4O2S2/c11-14-8-1-3-9(4-2-8)18(15,16)13-7-10-12-5-6-17-10/h1-6,13-14H,7,11H2. The summed E-state index contributed by atoms with van der Waals surface area (Å²) in [4.78, 5) is 4.20. The van der Waals surface area contributed by atoms with Crippen LogP contribution in [0.4, 0.5) is 5.69 Å². The molecule has 1 aromatic carbocycles. The molecule has 2 aromatic rings. The molecule has 0 fully saturated rings. The predicted octanol–water partition coefficient (Wildman–Crippen LogP) is 0.907. The molecule has 0 aliphatic carbocycles. The van der Waals surface area contributed by atoms with E-state index in [1.54, 1.807) is 23.7 Å². The number of nitrogens with zero attached hydrogens (tertiary/aromatic N) is 1. The van der Waals surface area contributed by atoms with Crippen LogP contribution < -0.4 is 16.0 Å². The van der Waals surface area contributed by atoms with Crippen LogP contribution in [0.25, 0.3) is 0 Å². The summed E-state index contributed by atoms with van der Waals surface area (Å²) in [5.41, 5.74) is 3.08. The fourth-order valence-corrected chi connectivity index (χ4v) is 2.95. The van der Waals surface area contributed by atoms with Crippen LogP contribution in [0.1, 0.15) is 5.01 Å². The summed E-state index contributed by atoms with van der Waals surface area (Å²) < 4.78 is 26.4. The summed E-state index contributed by atoms with van der Waals surface area (Å²) in [5.74, 6) is 5.21. The fourth-order valence-electron chi connectivity index (χ4n) is 1.31. The molecule has 96 valence electrons. The highest BCUT2D eigenvalue weighted by Gasteiger charge is 2.13. The molecule has 0 radical (unpaired) electrons. The van der Waals surface area contributed by atoms with E-state index in [0.29, 0.717) is 5.69 Å². The van der Waals surface area contributed by atoms with Crippen LogP contribution >= 0.6 is 11.3 Å². The van der Waals surface area contributed by atoms with E-state index in [1.807, 2.05) is 0 Å². The van der Waals surface area contributed by atoms with Crippen LogP contribution in [0, 0.1) is 0 Å². The Kier molecular flexibility index (Phi) is 3.92. The number of hydrazine groups is 1. The van der Waals surface area contributed by atoms with Crippen LogP contribution in [0.5, 0.6) is 0 Å². The Labute approximate surface area is 109 Å². The summed E-state index contributed by atoms with van der Waals surface area (Å²) in [7, 11) is -3.51. The molecule has 0 bridgehead atoms. The van der Waals surface area contributed by atoms with Gasteiger partial charge in [-0.3, -0.25) is 5.84 Å². The molecule has 0 unspecified atom stereocenters.